The Balaban J connectivity index is 2.07. The lowest BCUT2D eigenvalue weighted by atomic mass is 10.2. The van der Waals surface area contributed by atoms with Crippen molar-refractivity contribution >= 4 is 22.7 Å². The molecule has 100 valence electrons. The van der Waals surface area contributed by atoms with Crippen molar-refractivity contribution in [2.75, 3.05) is 0 Å². The Labute approximate surface area is 111 Å². The molecule has 3 rings (SSSR count). The van der Waals surface area contributed by atoms with Gasteiger partial charge in [-0.15, -0.1) is 0 Å². The van der Waals surface area contributed by atoms with Gasteiger partial charge >= 0.3 is 5.97 Å². The minimum absolute atomic E-state index is 0.0633. The molecule has 3 aromatic rings. The quantitative estimate of drug-likeness (QED) is 0.497. The van der Waals surface area contributed by atoms with E-state index in [4.69, 9.17) is 5.11 Å². The molecule has 2 aromatic heterocycles. The molecule has 1 aromatic carbocycles. The van der Waals surface area contributed by atoms with Crippen LogP contribution in [0.4, 0.5) is 5.69 Å². The summed E-state index contributed by atoms with van der Waals surface area (Å²) in [5, 5.41) is 19.5. The highest BCUT2D eigenvalue weighted by molar-refractivity contribution is 5.92. The second-order valence-electron chi connectivity index (χ2n) is 4.15. The number of fused-ring (bicyclic) bond motifs is 1. The molecule has 0 aliphatic carbocycles. The molecule has 2 heterocycles. The lowest BCUT2D eigenvalue weighted by molar-refractivity contribution is -0.384. The average molecular weight is 272 g/mol. The van der Waals surface area contributed by atoms with Gasteiger partial charge in [0.05, 0.1) is 33.4 Å². The zero-order chi connectivity index (χ0) is 14.3. The lowest BCUT2D eigenvalue weighted by Gasteiger charge is -1.92. The smallest absolute Gasteiger partial charge is 0.335 e. The first-order chi connectivity index (χ1) is 9.54. The number of hydrogen-bond acceptors (Lipinski definition) is 4. The predicted octanol–water partition coefficient (Wildman–Crippen LogP) is 2.16. The highest BCUT2D eigenvalue weighted by Gasteiger charge is 2.13. The van der Waals surface area contributed by atoms with E-state index in [9.17, 15) is 14.9 Å². The number of H-pyrrole nitrogens is 2. The van der Waals surface area contributed by atoms with E-state index in [0.717, 1.165) is 0 Å². The van der Waals surface area contributed by atoms with Gasteiger partial charge in [0.1, 0.15) is 0 Å². The standard InChI is InChI=1S/C12H8N4O4/c17-12(18)6-1-2-8-9(3-6)15-11(14-8)10-4-7(5-13-10)16(19)20/h1-5,13H,(H,14,15)(H,17,18). The van der Waals surface area contributed by atoms with E-state index in [2.05, 4.69) is 15.0 Å². The highest BCUT2D eigenvalue weighted by atomic mass is 16.6. The number of nitrogens with zero attached hydrogens (tertiary/aromatic N) is 2. The SMILES string of the molecule is O=C(O)c1ccc2[nH]c(-c3cc([N+](=O)[O-])c[nH]3)nc2c1. The van der Waals surface area contributed by atoms with Crippen LogP contribution >= 0.6 is 0 Å². The van der Waals surface area contributed by atoms with Crippen LogP contribution in [-0.4, -0.2) is 31.0 Å². The lowest BCUT2D eigenvalue weighted by Crippen LogP contribution is -1.94. The van der Waals surface area contributed by atoms with Crippen molar-refractivity contribution in [2.45, 2.75) is 0 Å². The van der Waals surface area contributed by atoms with E-state index in [-0.39, 0.29) is 11.3 Å². The van der Waals surface area contributed by atoms with Crippen LogP contribution < -0.4 is 0 Å². The van der Waals surface area contributed by atoms with Gasteiger partial charge in [0.15, 0.2) is 5.82 Å². The summed E-state index contributed by atoms with van der Waals surface area (Å²) in [7, 11) is 0. The summed E-state index contributed by atoms with van der Waals surface area (Å²) in [6, 6.07) is 5.86. The van der Waals surface area contributed by atoms with Gasteiger partial charge in [-0.1, -0.05) is 0 Å². The van der Waals surface area contributed by atoms with Gasteiger partial charge in [-0.05, 0) is 18.2 Å². The van der Waals surface area contributed by atoms with Gasteiger partial charge in [-0.25, -0.2) is 9.78 Å². The number of carboxylic acids is 1. The maximum Gasteiger partial charge on any atom is 0.335 e. The Kier molecular flexibility index (Phi) is 2.50. The molecule has 0 spiro atoms. The van der Waals surface area contributed by atoms with E-state index in [1.807, 2.05) is 0 Å². The van der Waals surface area contributed by atoms with Crippen molar-refractivity contribution in [2.24, 2.45) is 0 Å². The first-order valence-electron chi connectivity index (χ1n) is 5.61. The molecule has 0 bridgehead atoms. The number of nitrogens with one attached hydrogen (secondary N) is 2. The van der Waals surface area contributed by atoms with Gasteiger partial charge in [-0.3, -0.25) is 10.1 Å². The normalized spacial score (nSPS) is 10.8. The summed E-state index contributed by atoms with van der Waals surface area (Å²) < 4.78 is 0. The third kappa shape index (κ3) is 1.88. The van der Waals surface area contributed by atoms with Crippen molar-refractivity contribution in [1.29, 1.82) is 0 Å². The minimum atomic E-state index is -1.04. The molecular weight excluding hydrogens is 264 g/mol. The summed E-state index contributed by atoms with van der Waals surface area (Å²) in [4.78, 5) is 30.9. The topological polar surface area (TPSA) is 125 Å². The van der Waals surface area contributed by atoms with E-state index < -0.39 is 10.9 Å². The molecule has 0 unspecified atom stereocenters. The van der Waals surface area contributed by atoms with Crippen LogP contribution in [0.25, 0.3) is 22.6 Å². The van der Waals surface area contributed by atoms with Gasteiger partial charge < -0.3 is 15.1 Å². The van der Waals surface area contributed by atoms with E-state index in [1.165, 1.54) is 24.4 Å². The zero-order valence-electron chi connectivity index (χ0n) is 9.95. The Morgan fingerprint density at radius 3 is 2.80 bits per heavy atom. The Morgan fingerprint density at radius 1 is 1.35 bits per heavy atom. The van der Waals surface area contributed by atoms with Gasteiger partial charge in [0, 0.05) is 6.07 Å². The number of hydrogen-bond donors (Lipinski definition) is 3. The second-order valence-corrected chi connectivity index (χ2v) is 4.15. The third-order valence-corrected chi connectivity index (χ3v) is 2.86. The van der Waals surface area contributed by atoms with Crippen LogP contribution in [0, 0.1) is 10.1 Å². The molecule has 3 N–H and O–H groups in total. The van der Waals surface area contributed by atoms with Crippen molar-refractivity contribution in [3.8, 4) is 11.5 Å². The number of rotatable bonds is 3. The fourth-order valence-electron chi connectivity index (χ4n) is 1.89. The van der Waals surface area contributed by atoms with Crippen LogP contribution in [0.5, 0.6) is 0 Å². The number of nitro groups is 1. The van der Waals surface area contributed by atoms with Crippen molar-refractivity contribution in [3.05, 3.63) is 46.1 Å². The van der Waals surface area contributed by atoms with Crippen LogP contribution in [0.15, 0.2) is 30.5 Å². The van der Waals surface area contributed by atoms with Crippen LogP contribution in [0.3, 0.4) is 0 Å². The highest BCUT2D eigenvalue weighted by Crippen LogP contribution is 2.23. The zero-order valence-corrected chi connectivity index (χ0v) is 9.95. The number of carboxylic acid groups (broad SMARTS) is 1. The molecular formula is C12H8N4O4. The maximum atomic E-state index is 10.9. The van der Waals surface area contributed by atoms with E-state index in [0.29, 0.717) is 22.6 Å². The molecule has 0 aliphatic heterocycles. The maximum absolute atomic E-state index is 10.9. The molecule has 0 saturated carbocycles. The number of carbonyl (C=O) groups is 1. The summed E-state index contributed by atoms with van der Waals surface area (Å²) in [5.41, 5.74) is 1.67. The minimum Gasteiger partial charge on any atom is -0.478 e. The summed E-state index contributed by atoms with van der Waals surface area (Å²) in [6.07, 6.45) is 1.27. The molecule has 8 nitrogen and oxygen atoms in total. The summed E-state index contributed by atoms with van der Waals surface area (Å²) >= 11 is 0. The molecule has 8 heteroatoms. The second kappa shape index (κ2) is 4.19. The number of imidazole rings is 1. The Hall–Kier alpha value is -3.16. The van der Waals surface area contributed by atoms with Gasteiger partial charge in [-0.2, -0.15) is 0 Å². The monoisotopic (exact) mass is 272 g/mol. The van der Waals surface area contributed by atoms with E-state index >= 15 is 0 Å². The largest absolute Gasteiger partial charge is 0.478 e. The average Bonchev–Trinajstić information content (AvgIpc) is 3.04. The van der Waals surface area contributed by atoms with Crippen molar-refractivity contribution in [1.82, 2.24) is 15.0 Å². The number of aromatic amines is 2. The first-order valence-corrected chi connectivity index (χ1v) is 5.61. The molecule has 0 amide bonds. The number of benzene rings is 1. The van der Waals surface area contributed by atoms with Gasteiger partial charge in [0.2, 0.25) is 0 Å². The molecule has 0 radical (unpaired) electrons. The number of aromatic nitrogens is 3. The fourth-order valence-corrected chi connectivity index (χ4v) is 1.89. The van der Waals surface area contributed by atoms with Crippen LogP contribution in [0.1, 0.15) is 10.4 Å². The molecule has 0 saturated heterocycles. The van der Waals surface area contributed by atoms with Crippen molar-refractivity contribution in [3.63, 3.8) is 0 Å². The van der Waals surface area contributed by atoms with E-state index in [1.54, 1.807) is 6.07 Å². The van der Waals surface area contributed by atoms with Crippen molar-refractivity contribution < 1.29 is 14.8 Å². The summed E-state index contributed by atoms with van der Waals surface area (Å²) in [6.45, 7) is 0. The molecule has 0 atom stereocenters. The molecule has 0 aliphatic rings. The first kappa shape index (κ1) is 11.9. The Bertz CT molecular complexity index is 833. The Morgan fingerprint density at radius 2 is 2.15 bits per heavy atom. The number of aromatic carboxylic acids is 1. The summed E-state index contributed by atoms with van der Waals surface area (Å²) in [5.74, 6) is -0.623. The molecule has 20 heavy (non-hydrogen) atoms. The fraction of sp³-hybridized carbons (Fsp3) is 0. The molecule has 0 fully saturated rings. The third-order valence-electron chi connectivity index (χ3n) is 2.86. The van der Waals surface area contributed by atoms with Gasteiger partial charge in [0.25, 0.3) is 5.69 Å². The van der Waals surface area contributed by atoms with Crippen LogP contribution in [-0.2, 0) is 0 Å². The van der Waals surface area contributed by atoms with Crippen LogP contribution in [0.2, 0.25) is 0 Å². The predicted molar refractivity (Wildman–Crippen MR) is 69.5 cm³/mol.